The molecule has 2 atom stereocenters. The number of ether oxygens (including phenoxy) is 2. The number of hydrogen-bond donors (Lipinski definition) is 1. The van der Waals surface area contributed by atoms with Crippen LogP contribution in [0.25, 0.3) is 0 Å². The van der Waals surface area contributed by atoms with Crippen LogP contribution in [0.4, 0.5) is 4.79 Å². The van der Waals surface area contributed by atoms with E-state index in [9.17, 15) is 9.59 Å². The number of methoxy groups -OCH3 is 1. The van der Waals surface area contributed by atoms with E-state index in [2.05, 4.69) is 15.0 Å². The molecular weight excluding hydrogens is 260 g/mol. The number of carbonyl (C=O) groups excluding carboxylic acids is 2. The third-order valence-electron chi connectivity index (χ3n) is 3.02. The second-order valence-electron chi connectivity index (χ2n) is 4.43. The van der Waals surface area contributed by atoms with Gasteiger partial charge in [-0.05, 0) is 18.1 Å². The largest absolute Gasteiger partial charge is 0.467 e. The number of nitrogens with one attached hydrogen (secondary N) is 1. The van der Waals surface area contributed by atoms with Gasteiger partial charge in [0.25, 0.3) is 0 Å². The summed E-state index contributed by atoms with van der Waals surface area (Å²) in [6.45, 7) is 3.85. The molecule has 20 heavy (non-hydrogen) atoms. The molecule has 0 saturated heterocycles. The lowest BCUT2D eigenvalue weighted by Gasteiger charge is -2.21. The van der Waals surface area contributed by atoms with Gasteiger partial charge < -0.3 is 14.8 Å². The van der Waals surface area contributed by atoms with E-state index in [-0.39, 0.29) is 12.5 Å². The average molecular weight is 280 g/mol. The minimum absolute atomic E-state index is 0.0372. The van der Waals surface area contributed by atoms with E-state index in [0.717, 1.165) is 6.42 Å². The predicted molar refractivity (Wildman–Crippen MR) is 72.8 cm³/mol. The summed E-state index contributed by atoms with van der Waals surface area (Å²) in [7, 11) is 1.29. The number of carbonyl (C=O) groups is 2. The molecule has 110 valence electrons. The summed E-state index contributed by atoms with van der Waals surface area (Å²) < 4.78 is 9.70. The van der Waals surface area contributed by atoms with Crippen LogP contribution in [0.2, 0.25) is 0 Å². The van der Waals surface area contributed by atoms with Crippen molar-refractivity contribution in [1.82, 2.24) is 10.3 Å². The van der Waals surface area contributed by atoms with Crippen molar-refractivity contribution >= 4 is 12.1 Å². The molecule has 0 radical (unpaired) electrons. The maximum absolute atomic E-state index is 11.7. The Morgan fingerprint density at radius 3 is 2.70 bits per heavy atom. The fraction of sp³-hybridized carbons (Fsp3) is 0.500. The molecule has 0 aliphatic carbocycles. The molecule has 2 unspecified atom stereocenters. The molecule has 1 N–H and O–H groups in total. The molecule has 1 aromatic heterocycles. The molecular formula is C14H20N2O4. The molecule has 0 saturated carbocycles. The highest BCUT2D eigenvalue weighted by Gasteiger charge is 2.27. The highest BCUT2D eigenvalue weighted by atomic mass is 16.6. The number of nitrogens with zero attached hydrogens (tertiary/aromatic N) is 1. The van der Waals surface area contributed by atoms with Gasteiger partial charge in [0, 0.05) is 6.20 Å². The van der Waals surface area contributed by atoms with Crippen molar-refractivity contribution in [2.24, 2.45) is 5.92 Å². The minimum Gasteiger partial charge on any atom is -0.467 e. The van der Waals surface area contributed by atoms with E-state index in [1.807, 2.05) is 13.8 Å². The van der Waals surface area contributed by atoms with Crippen LogP contribution >= 0.6 is 0 Å². The molecule has 1 heterocycles. The van der Waals surface area contributed by atoms with Gasteiger partial charge in [-0.1, -0.05) is 26.3 Å². The normalized spacial score (nSPS) is 13.2. The van der Waals surface area contributed by atoms with E-state index in [4.69, 9.17) is 4.74 Å². The fourth-order valence-corrected chi connectivity index (χ4v) is 1.59. The molecule has 1 aromatic rings. The fourth-order valence-electron chi connectivity index (χ4n) is 1.59. The van der Waals surface area contributed by atoms with E-state index >= 15 is 0 Å². The number of esters is 1. The van der Waals surface area contributed by atoms with Crippen molar-refractivity contribution in [3.63, 3.8) is 0 Å². The highest BCUT2D eigenvalue weighted by molar-refractivity contribution is 5.81. The summed E-state index contributed by atoms with van der Waals surface area (Å²) in [5.74, 6) is -0.515. The predicted octanol–water partition coefficient (Wildman–Crippen LogP) is 1.90. The van der Waals surface area contributed by atoms with Crippen molar-refractivity contribution in [2.75, 3.05) is 7.11 Å². The van der Waals surface area contributed by atoms with E-state index in [1.54, 1.807) is 24.4 Å². The van der Waals surface area contributed by atoms with Gasteiger partial charge in [-0.15, -0.1) is 0 Å². The molecule has 0 aromatic carbocycles. The van der Waals surface area contributed by atoms with Crippen LogP contribution in [0.15, 0.2) is 24.4 Å². The number of aromatic nitrogens is 1. The summed E-state index contributed by atoms with van der Waals surface area (Å²) >= 11 is 0. The van der Waals surface area contributed by atoms with Crippen LogP contribution in [0.3, 0.4) is 0 Å². The SMILES string of the molecule is CCC(C)C(NC(=O)OCc1ccccn1)C(=O)OC. The van der Waals surface area contributed by atoms with E-state index < -0.39 is 18.1 Å². The first-order chi connectivity index (χ1) is 9.58. The lowest BCUT2D eigenvalue weighted by Crippen LogP contribution is -2.45. The zero-order valence-electron chi connectivity index (χ0n) is 12.0. The van der Waals surface area contributed by atoms with Gasteiger partial charge in [0.05, 0.1) is 12.8 Å². The summed E-state index contributed by atoms with van der Waals surface area (Å²) in [5.41, 5.74) is 0.640. The summed E-state index contributed by atoms with van der Waals surface area (Å²) in [6, 6.07) is 4.63. The summed E-state index contributed by atoms with van der Waals surface area (Å²) in [4.78, 5) is 27.4. The Kier molecular flexibility index (Phi) is 6.49. The van der Waals surface area contributed by atoms with Crippen LogP contribution < -0.4 is 5.32 Å². The third-order valence-corrected chi connectivity index (χ3v) is 3.02. The van der Waals surface area contributed by atoms with E-state index in [1.165, 1.54) is 7.11 Å². The van der Waals surface area contributed by atoms with Crippen molar-refractivity contribution in [1.29, 1.82) is 0 Å². The second-order valence-corrected chi connectivity index (χ2v) is 4.43. The van der Waals surface area contributed by atoms with Crippen LogP contribution in [-0.4, -0.2) is 30.2 Å². The van der Waals surface area contributed by atoms with Gasteiger partial charge in [0.2, 0.25) is 0 Å². The number of amides is 1. The van der Waals surface area contributed by atoms with Crippen LogP contribution in [0.1, 0.15) is 26.0 Å². The molecule has 0 aliphatic rings. The molecule has 0 bridgehead atoms. The van der Waals surface area contributed by atoms with Gasteiger partial charge in [-0.25, -0.2) is 9.59 Å². The van der Waals surface area contributed by atoms with Crippen LogP contribution in [-0.2, 0) is 20.9 Å². The van der Waals surface area contributed by atoms with Gasteiger partial charge in [-0.2, -0.15) is 0 Å². The van der Waals surface area contributed by atoms with Gasteiger partial charge in [0.15, 0.2) is 0 Å². The van der Waals surface area contributed by atoms with Crippen molar-refractivity contribution in [2.45, 2.75) is 32.9 Å². The van der Waals surface area contributed by atoms with Crippen LogP contribution in [0, 0.1) is 5.92 Å². The topological polar surface area (TPSA) is 77.5 Å². The minimum atomic E-state index is -0.707. The Morgan fingerprint density at radius 1 is 1.40 bits per heavy atom. The first kappa shape index (κ1) is 15.9. The Morgan fingerprint density at radius 2 is 2.15 bits per heavy atom. The highest BCUT2D eigenvalue weighted by Crippen LogP contribution is 2.09. The van der Waals surface area contributed by atoms with Gasteiger partial charge in [-0.3, -0.25) is 4.98 Å². The number of hydrogen-bond acceptors (Lipinski definition) is 5. The molecule has 0 fully saturated rings. The molecule has 1 rings (SSSR count). The lowest BCUT2D eigenvalue weighted by atomic mass is 9.99. The first-order valence-electron chi connectivity index (χ1n) is 6.49. The molecule has 6 nitrogen and oxygen atoms in total. The van der Waals surface area contributed by atoms with Gasteiger partial charge >= 0.3 is 12.1 Å². The van der Waals surface area contributed by atoms with Crippen molar-refractivity contribution in [3.8, 4) is 0 Å². The Balaban J connectivity index is 2.51. The summed E-state index contributed by atoms with van der Waals surface area (Å²) in [5, 5.41) is 2.53. The Labute approximate surface area is 118 Å². The van der Waals surface area contributed by atoms with E-state index in [0.29, 0.717) is 5.69 Å². The molecule has 0 spiro atoms. The number of pyridine rings is 1. The second kappa shape index (κ2) is 8.14. The van der Waals surface area contributed by atoms with Crippen molar-refractivity contribution in [3.05, 3.63) is 30.1 Å². The quantitative estimate of drug-likeness (QED) is 0.805. The summed E-state index contributed by atoms with van der Waals surface area (Å²) in [6.07, 6.45) is 1.69. The lowest BCUT2D eigenvalue weighted by molar-refractivity contribution is -0.144. The zero-order chi connectivity index (χ0) is 15.0. The zero-order valence-corrected chi connectivity index (χ0v) is 12.0. The average Bonchev–Trinajstić information content (AvgIpc) is 2.50. The molecule has 1 amide bonds. The van der Waals surface area contributed by atoms with Gasteiger partial charge in [0.1, 0.15) is 12.6 Å². The third kappa shape index (κ3) is 4.87. The van der Waals surface area contributed by atoms with Crippen LogP contribution in [0.5, 0.6) is 0 Å². The number of rotatable bonds is 6. The first-order valence-corrected chi connectivity index (χ1v) is 6.49. The van der Waals surface area contributed by atoms with Crippen molar-refractivity contribution < 1.29 is 19.1 Å². The number of alkyl carbamates (subject to hydrolysis) is 1. The smallest absolute Gasteiger partial charge is 0.408 e. The Bertz CT molecular complexity index is 436. The maximum Gasteiger partial charge on any atom is 0.408 e. The maximum atomic E-state index is 11.7. The molecule has 0 aliphatic heterocycles. The monoisotopic (exact) mass is 280 g/mol. The molecule has 6 heteroatoms. The Hall–Kier alpha value is -2.11. The standard InChI is InChI=1S/C14H20N2O4/c1-4-10(2)12(13(17)19-3)16-14(18)20-9-11-7-5-6-8-15-11/h5-8,10,12H,4,9H2,1-3H3,(H,16,18).